The first-order valence-electron chi connectivity index (χ1n) is 2.95. The largest absolute Gasteiger partial charge is 0.271 e. The number of rotatable bonds is 0. The van der Waals surface area contributed by atoms with Crippen LogP contribution in [0.4, 0.5) is 0 Å². The van der Waals surface area contributed by atoms with Gasteiger partial charge in [0.15, 0.2) is 0 Å². The van der Waals surface area contributed by atoms with Crippen LogP contribution in [0.1, 0.15) is 0 Å². The zero-order valence-corrected chi connectivity index (χ0v) is 7.72. The number of fused-ring (bicyclic) bond motifs is 1. The lowest BCUT2D eigenvalue weighted by Crippen LogP contribution is -2.20. The molecule has 0 aromatic rings. The van der Waals surface area contributed by atoms with E-state index in [0.29, 0.717) is 0 Å². The minimum atomic E-state index is -0.245. The highest BCUT2D eigenvalue weighted by Crippen LogP contribution is 2.36. The van der Waals surface area contributed by atoms with Crippen molar-refractivity contribution in [1.29, 1.82) is 0 Å². The van der Waals surface area contributed by atoms with E-state index in [1.807, 2.05) is 5.41 Å². The molecule has 1 amide bonds. The Morgan fingerprint density at radius 3 is 3.18 bits per heavy atom. The molecule has 11 heavy (non-hydrogen) atoms. The molecule has 0 aliphatic carbocycles. The number of amides is 1. The standard InChI is InChI=1S/C6H3BrN2OS/c7-3-1-11-6-4(3)5(10)8-2-9-6/h1-2,4H. The van der Waals surface area contributed by atoms with Crippen molar-refractivity contribution in [2.45, 2.75) is 0 Å². The van der Waals surface area contributed by atoms with Crippen molar-refractivity contribution in [2.24, 2.45) is 15.9 Å². The fourth-order valence-electron chi connectivity index (χ4n) is 0.916. The number of nitrogens with zero attached hydrogens (tertiary/aromatic N) is 2. The number of halogens is 1. The summed E-state index contributed by atoms with van der Waals surface area (Å²) < 4.78 is 0.864. The first-order chi connectivity index (χ1) is 5.29. The van der Waals surface area contributed by atoms with Crippen LogP contribution in [-0.4, -0.2) is 17.3 Å². The second-order valence-electron chi connectivity index (χ2n) is 2.10. The van der Waals surface area contributed by atoms with Gasteiger partial charge in [-0.3, -0.25) is 4.79 Å². The molecule has 0 bridgehead atoms. The first kappa shape index (κ1) is 7.24. The predicted molar refractivity (Wildman–Crippen MR) is 49.0 cm³/mol. The van der Waals surface area contributed by atoms with Crippen molar-refractivity contribution < 1.29 is 4.79 Å². The van der Waals surface area contributed by atoms with Gasteiger partial charge in [0.2, 0.25) is 0 Å². The summed E-state index contributed by atoms with van der Waals surface area (Å²) in [5.74, 6) is -0.381. The van der Waals surface area contributed by atoms with Gasteiger partial charge in [-0.05, 0) is 5.41 Å². The molecule has 0 aromatic heterocycles. The third-order valence-electron chi connectivity index (χ3n) is 1.43. The minimum absolute atomic E-state index is 0.136. The Bertz CT molecular complexity index is 308. The number of carbonyl (C=O) groups is 1. The van der Waals surface area contributed by atoms with Gasteiger partial charge >= 0.3 is 0 Å². The topological polar surface area (TPSA) is 41.8 Å². The molecule has 1 unspecified atom stereocenters. The first-order valence-corrected chi connectivity index (χ1v) is 4.62. The molecule has 3 nitrogen and oxygen atoms in total. The van der Waals surface area contributed by atoms with Gasteiger partial charge in [0.1, 0.15) is 12.3 Å². The maximum absolute atomic E-state index is 11.1. The zero-order valence-electron chi connectivity index (χ0n) is 5.32. The predicted octanol–water partition coefficient (Wildman–Crippen LogP) is 1.55. The lowest BCUT2D eigenvalue weighted by molar-refractivity contribution is -0.118. The third-order valence-corrected chi connectivity index (χ3v) is 3.38. The molecule has 0 fully saturated rings. The maximum atomic E-state index is 11.1. The van der Waals surface area contributed by atoms with Crippen LogP contribution in [0.15, 0.2) is 19.9 Å². The number of aliphatic imine (C=N–C) groups is 2. The Labute approximate surface area is 75.8 Å². The highest BCUT2D eigenvalue weighted by molar-refractivity contribution is 9.12. The molecule has 56 valence electrons. The summed E-state index contributed by atoms with van der Waals surface area (Å²) in [6.07, 6.45) is 1.31. The van der Waals surface area contributed by atoms with Gasteiger partial charge in [-0.2, -0.15) is 0 Å². The Hall–Kier alpha value is -0.420. The van der Waals surface area contributed by atoms with E-state index in [2.05, 4.69) is 25.9 Å². The van der Waals surface area contributed by atoms with Gasteiger partial charge in [-0.15, -0.1) is 0 Å². The molecule has 2 aliphatic rings. The summed E-state index contributed by atoms with van der Waals surface area (Å²) in [5.41, 5.74) is 0. The van der Waals surface area contributed by atoms with Gasteiger partial charge in [-0.25, -0.2) is 9.98 Å². The van der Waals surface area contributed by atoms with Gasteiger partial charge in [-0.1, -0.05) is 27.7 Å². The summed E-state index contributed by atoms with van der Waals surface area (Å²) in [6.45, 7) is 0. The number of carbonyl (C=O) groups excluding carboxylic acids is 1. The molecule has 0 saturated heterocycles. The summed E-state index contributed by atoms with van der Waals surface area (Å²) in [4.78, 5) is 18.7. The molecule has 0 radical (unpaired) electrons. The van der Waals surface area contributed by atoms with Crippen LogP contribution in [0.25, 0.3) is 0 Å². The monoisotopic (exact) mass is 230 g/mol. The Kier molecular flexibility index (Phi) is 1.69. The van der Waals surface area contributed by atoms with Crippen LogP contribution in [0.5, 0.6) is 0 Å². The van der Waals surface area contributed by atoms with Gasteiger partial charge in [0.25, 0.3) is 5.91 Å². The van der Waals surface area contributed by atoms with Crippen molar-refractivity contribution in [3.05, 3.63) is 9.89 Å². The summed E-state index contributed by atoms with van der Waals surface area (Å²) in [5, 5.41) is 2.69. The lowest BCUT2D eigenvalue weighted by atomic mass is 10.1. The summed E-state index contributed by atoms with van der Waals surface area (Å²) in [7, 11) is 0. The van der Waals surface area contributed by atoms with Crippen molar-refractivity contribution in [1.82, 2.24) is 0 Å². The molecule has 0 aromatic carbocycles. The number of hydrogen-bond acceptors (Lipinski definition) is 3. The van der Waals surface area contributed by atoms with E-state index in [9.17, 15) is 4.79 Å². The van der Waals surface area contributed by atoms with Crippen molar-refractivity contribution in [3.8, 4) is 0 Å². The van der Waals surface area contributed by atoms with E-state index in [1.54, 1.807) is 0 Å². The second-order valence-corrected chi connectivity index (χ2v) is 3.91. The van der Waals surface area contributed by atoms with E-state index >= 15 is 0 Å². The Morgan fingerprint density at radius 2 is 2.45 bits per heavy atom. The van der Waals surface area contributed by atoms with Crippen LogP contribution >= 0.6 is 27.7 Å². The Morgan fingerprint density at radius 1 is 1.64 bits per heavy atom. The van der Waals surface area contributed by atoms with Gasteiger partial charge in [0, 0.05) is 4.48 Å². The van der Waals surface area contributed by atoms with E-state index < -0.39 is 0 Å². The number of hydrogen-bond donors (Lipinski definition) is 0. The highest BCUT2D eigenvalue weighted by Gasteiger charge is 2.33. The normalized spacial score (nSPS) is 28.1. The van der Waals surface area contributed by atoms with Crippen molar-refractivity contribution in [3.63, 3.8) is 0 Å². The minimum Gasteiger partial charge on any atom is -0.271 e. The summed E-state index contributed by atoms with van der Waals surface area (Å²) in [6, 6.07) is 0. The lowest BCUT2D eigenvalue weighted by Gasteiger charge is -2.08. The fraction of sp³-hybridized carbons (Fsp3) is 0.167. The zero-order chi connectivity index (χ0) is 7.84. The molecular formula is C6H3BrN2OS. The van der Waals surface area contributed by atoms with Crippen molar-refractivity contribution >= 4 is 45.0 Å². The number of thioether (sulfide) groups is 1. The van der Waals surface area contributed by atoms with Crippen molar-refractivity contribution in [2.75, 3.05) is 0 Å². The molecule has 5 heteroatoms. The van der Waals surface area contributed by atoms with Crippen LogP contribution in [-0.2, 0) is 4.79 Å². The Balaban J connectivity index is 2.42. The summed E-state index contributed by atoms with van der Waals surface area (Å²) >= 11 is 4.75. The van der Waals surface area contributed by atoms with E-state index in [4.69, 9.17) is 0 Å². The SMILES string of the molecule is O=C1N=CN=C2SC=C(Br)C12. The molecule has 0 spiro atoms. The van der Waals surface area contributed by atoms with E-state index in [-0.39, 0.29) is 11.8 Å². The molecule has 2 rings (SSSR count). The quantitative estimate of drug-likeness (QED) is 0.634. The smallest absolute Gasteiger partial charge is 0.261 e. The van der Waals surface area contributed by atoms with Gasteiger partial charge in [0.05, 0.1) is 5.04 Å². The van der Waals surface area contributed by atoms with Crippen LogP contribution < -0.4 is 0 Å². The second kappa shape index (κ2) is 2.57. The molecule has 0 N–H and O–H groups in total. The van der Waals surface area contributed by atoms with Crippen LogP contribution in [0.2, 0.25) is 0 Å². The molecule has 2 aliphatic heterocycles. The molecule has 0 saturated carbocycles. The van der Waals surface area contributed by atoms with Crippen LogP contribution in [0, 0.1) is 5.92 Å². The van der Waals surface area contributed by atoms with E-state index in [0.717, 1.165) is 9.53 Å². The highest BCUT2D eigenvalue weighted by atomic mass is 79.9. The molecular weight excluding hydrogens is 228 g/mol. The maximum Gasteiger partial charge on any atom is 0.261 e. The van der Waals surface area contributed by atoms with Gasteiger partial charge < -0.3 is 0 Å². The fourth-order valence-corrected chi connectivity index (χ4v) is 2.60. The average Bonchev–Trinajstić information content (AvgIpc) is 2.34. The molecule has 2 heterocycles. The average molecular weight is 231 g/mol. The third kappa shape index (κ3) is 1.08. The van der Waals surface area contributed by atoms with E-state index in [1.165, 1.54) is 18.1 Å². The van der Waals surface area contributed by atoms with Crippen LogP contribution in [0.3, 0.4) is 0 Å². The molecule has 1 atom stereocenters.